The number of hydrogen-bond acceptors (Lipinski definition) is 15. The van der Waals surface area contributed by atoms with Crippen molar-refractivity contribution in [1.82, 2.24) is 0 Å². The fourth-order valence-corrected chi connectivity index (χ4v) is 3.98. The van der Waals surface area contributed by atoms with Gasteiger partial charge in [-0.1, -0.05) is 0 Å². The summed E-state index contributed by atoms with van der Waals surface area (Å²) in [5.41, 5.74) is 0. The molecule has 0 aliphatic carbocycles. The van der Waals surface area contributed by atoms with Gasteiger partial charge in [-0.3, -0.25) is 0 Å². The third-order valence-electron chi connectivity index (χ3n) is 6.05. The van der Waals surface area contributed by atoms with Crippen LogP contribution in [0.15, 0.2) is 0 Å². The van der Waals surface area contributed by atoms with Crippen LogP contribution in [0.3, 0.4) is 0 Å². The molecule has 0 spiro atoms. The number of rotatable bonds is 6. The van der Waals surface area contributed by atoms with E-state index in [1.807, 2.05) is 0 Å². The maximum atomic E-state index is 10.6. The predicted octanol–water partition coefficient (Wildman–Crippen LogP) is -6.55. The molecule has 0 unspecified atom stereocenters. The average Bonchev–Trinajstić information content (AvgIpc) is 2.80. The minimum absolute atomic E-state index is 0.760. The van der Waals surface area contributed by atoms with E-state index in [0.29, 0.717) is 0 Å². The zero-order valence-corrected chi connectivity index (χ0v) is 17.6. The quantitative estimate of drug-likeness (QED) is 0.167. The lowest BCUT2D eigenvalue weighted by Crippen LogP contribution is -2.66. The molecule has 0 bridgehead atoms. The Hall–Kier alpha value is -0.600. The van der Waals surface area contributed by atoms with E-state index in [4.69, 9.17) is 23.7 Å². The fourth-order valence-electron chi connectivity index (χ4n) is 3.98. The van der Waals surface area contributed by atoms with Gasteiger partial charge in [0.2, 0.25) is 0 Å². The van der Waals surface area contributed by atoms with E-state index >= 15 is 0 Å². The number of ether oxygens (including phenoxy) is 5. The van der Waals surface area contributed by atoms with E-state index in [2.05, 4.69) is 0 Å². The van der Waals surface area contributed by atoms with Crippen molar-refractivity contribution in [3.8, 4) is 0 Å². The van der Waals surface area contributed by atoms with Gasteiger partial charge in [0.25, 0.3) is 0 Å². The molecule has 3 heterocycles. The molecule has 0 amide bonds. The second-order valence-corrected chi connectivity index (χ2v) is 8.32. The van der Waals surface area contributed by atoms with E-state index < -0.39 is 105 Å². The summed E-state index contributed by atoms with van der Waals surface area (Å²) < 4.78 is 26.9. The Balaban J connectivity index is 1.83. The molecule has 0 radical (unpaired) electrons. The van der Waals surface area contributed by atoms with Crippen LogP contribution in [-0.2, 0) is 23.7 Å². The summed E-state index contributed by atoms with van der Waals surface area (Å²) in [5.74, 6) is 0. The first-order chi connectivity index (χ1) is 15.5. The van der Waals surface area contributed by atoms with Crippen LogP contribution in [0.1, 0.15) is 6.92 Å². The highest BCUT2D eigenvalue weighted by atomic mass is 16.8. The van der Waals surface area contributed by atoms with Crippen LogP contribution < -0.4 is 0 Å². The Bertz CT molecular complexity index is 624. The fraction of sp³-hybridized carbons (Fsp3) is 1.00. The lowest BCUT2D eigenvalue weighted by molar-refractivity contribution is -0.385. The third-order valence-corrected chi connectivity index (χ3v) is 6.05. The molecule has 0 aromatic carbocycles. The van der Waals surface area contributed by atoms with Gasteiger partial charge >= 0.3 is 0 Å². The molecule has 0 aromatic heterocycles. The molecule has 3 aliphatic rings. The van der Waals surface area contributed by atoms with E-state index in [-0.39, 0.29) is 0 Å². The SMILES string of the molecule is C[C@@H]1O[C@@H](O[C@@H]2[C@H](O[C@H]3[C@H](O)[C@H](O)[C@@H](O)O[C@H]3CO)O[C@@H](CO)[C@H](O)[C@@H]2O)[C@@H](O)[C@@H](O)[C@@H]1O. The van der Waals surface area contributed by atoms with E-state index in [0.717, 1.165) is 0 Å². The Morgan fingerprint density at radius 3 is 1.73 bits per heavy atom. The van der Waals surface area contributed by atoms with Gasteiger partial charge < -0.3 is 74.7 Å². The van der Waals surface area contributed by atoms with Gasteiger partial charge in [-0.15, -0.1) is 0 Å². The van der Waals surface area contributed by atoms with Crippen LogP contribution in [0, 0.1) is 0 Å². The van der Waals surface area contributed by atoms with Crippen molar-refractivity contribution in [1.29, 1.82) is 0 Å². The van der Waals surface area contributed by atoms with Gasteiger partial charge in [-0.25, -0.2) is 0 Å². The normalized spacial score (nSPS) is 53.7. The third kappa shape index (κ3) is 5.32. The molecule has 15 nitrogen and oxygen atoms in total. The Morgan fingerprint density at radius 1 is 0.545 bits per heavy atom. The minimum atomic E-state index is -1.83. The van der Waals surface area contributed by atoms with Crippen molar-refractivity contribution < 1.29 is 74.7 Å². The summed E-state index contributed by atoms with van der Waals surface area (Å²) >= 11 is 0. The molecule has 0 aromatic rings. The van der Waals surface area contributed by atoms with Crippen LogP contribution in [-0.4, -0.2) is 156 Å². The molecule has 194 valence electrons. The molecule has 15 heteroatoms. The van der Waals surface area contributed by atoms with Gasteiger partial charge in [-0.05, 0) is 6.92 Å². The summed E-state index contributed by atoms with van der Waals surface area (Å²) in [4.78, 5) is 0. The number of hydrogen-bond donors (Lipinski definition) is 10. The summed E-state index contributed by atoms with van der Waals surface area (Å²) in [7, 11) is 0. The topological polar surface area (TPSA) is 248 Å². The second-order valence-electron chi connectivity index (χ2n) is 8.32. The van der Waals surface area contributed by atoms with E-state index in [1.165, 1.54) is 6.92 Å². The maximum Gasteiger partial charge on any atom is 0.187 e. The Morgan fingerprint density at radius 2 is 1.12 bits per heavy atom. The largest absolute Gasteiger partial charge is 0.394 e. The van der Waals surface area contributed by atoms with Crippen molar-refractivity contribution in [3.63, 3.8) is 0 Å². The molecule has 15 atom stereocenters. The van der Waals surface area contributed by atoms with Gasteiger partial charge in [0.1, 0.15) is 67.1 Å². The van der Waals surface area contributed by atoms with Crippen molar-refractivity contribution in [2.24, 2.45) is 0 Å². The van der Waals surface area contributed by atoms with E-state index in [9.17, 15) is 51.1 Å². The lowest BCUT2D eigenvalue weighted by atomic mass is 9.96. The smallest absolute Gasteiger partial charge is 0.187 e. The molecule has 33 heavy (non-hydrogen) atoms. The minimum Gasteiger partial charge on any atom is -0.394 e. The molecular weight excluding hydrogens is 456 g/mol. The highest BCUT2D eigenvalue weighted by molar-refractivity contribution is 4.95. The first-order valence-electron chi connectivity index (χ1n) is 10.4. The zero-order chi connectivity index (χ0) is 24.6. The Kier molecular flexibility index (Phi) is 8.99. The summed E-state index contributed by atoms with van der Waals surface area (Å²) in [6.45, 7) is -0.128. The van der Waals surface area contributed by atoms with Crippen LogP contribution in [0.4, 0.5) is 0 Å². The monoisotopic (exact) mass is 488 g/mol. The first-order valence-corrected chi connectivity index (χ1v) is 10.4. The molecule has 10 N–H and O–H groups in total. The summed E-state index contributed by atoms with van der Waals surface area (Å²) in [6, 6.07) is 0. The molecule has 3 saturated heterocycles. The molecule has 3 aliphatic heterocycles. The van der Waals surface area contributed by atoms with Crippen LogP contribution in [0.25, 0.3) is 0 Å². The summed E-state index contributed by atoms with van der Waals surface area (Å²) in [5, 5.41) is 99.8. The molecule has 0 saturated carbocycles. The van der Waals surface area contributed by atoms with Crippen molar-refractivity contribution in [2.45, 2.75) is 99.0 Å². The molecule has 3 fully saturated rings. The molecular formula is C18H32O15. The predicted molar refractivity (Wildman–Crippen MR) is 99.8 cm³/mol. The first kappa shape index (κ1) is 27.0. The van der Waals surface area contributed by atoms with Crippen LogP contribution in [0.2, 0.25) is 0 Å². The number of aliphatic hydroxyl groups excluding tert-OH is 10. The second kappa shape index (κ2) is 11.0. The van der Waals surface area contributed by atoms with Crippen LogP contribution >= 0.6 is 0 Å². The zero-order valence-electron chi connectivity index (χ0n) is 17.6. The van der Waals surface area contributed by atoms with Crippen molar-refractivity contribution >= 4 is 0 Å². The van der Waals surface area contributed by atoms with Gasteiger partial charge in [0, 0.05) is 0 Å². The van der Waals surface area contributed by atoms with Crippen molar-refractivity contribution in [3.05, 3.63) is 0 Å². The van der Waals surface area contributed by atoms with Crippen molar-refractivity contribution in [2.75, 3.05) is 13.2 Å². The highest BCUT2D eigenvalue weighted by Gasteiger charge is 2.53. The summed E-state index contributed by atoms with van der Waals surface area (Å²) in [6.07, 6.45) is -24.1. The Labute approximate surface area is 187 Å². The lowest BCUT2D eigenvalue weighted by Gasteiger charge is -2.48. The molecule has 3 rings (SSSR count). The van der Waals surface area contributed by atoms with E-state index in [1.54, 1.807) is 0 Å². The van der Waals surface area contributed by atoms with Gasteiger partial charge in [0.15, 0.2) is 18.9 Å². The van der Waals surface area contributed by atoms with Gasteiger partial charge in [0.05, 0.1) is 19.3 Å². The number of aliphatic hydroxyl groups is 10. The highest BCUT2D eigenvalue weighted by Crippen LogP contribution is 2.32. The standard InChI is InChI=1S/C18H32O15/c1-4-7(21)9(23)13(27)17(29-4)33-15-10(24)8(22)5(2-19)31-18(15)32-14-6(3-20)30-16(28)12(26)11(14)25/h4-28H,2-3H2,1H3/t4-,5-,6-,7+,8-,9-,10-,11+,12-,13-,14+,15-,16-,17-,18-/m0/s1. The maximum absolute atomic E-state index is 10.6. The van der Waals surface area contributed by atoms with Gasteiger partial charge in [-0.2, -0.15) is 0 Å². The average molecular weight is 488 g/mol. The van der Waals surface area contributed by atoms with Crippen LogP contribution in [0.5, 0.6) is 0 Å².